The number of carbonyl (C=O) groups is 2. The largest absolute Gasteiger partial charge is 0.330 e. The predicted octanol–water partition coefficient (Wildman–Crippen LogP) is 3.57. The van der Waals surface area contributed by atoms with Crippen molar-refractivity contribution in [3.05, 3.63) is 10.6 Å². The first-order valence-corrected chi connectivity index (χ1v) is 8.76. The van der Waals surface area contributed by atoms with Gasteiger partial charge in [-0.1, -0.05) is 38.0 Å². The number of ketones is 1. The van der Waals surface area contributed by atoms with E-state index in [0.29, 0.717) is 24.5 Å². The van der Waals surface area contributed by atoms with Crippen molar-refractivity contribution >= 4 is 40.6 Å². The molecule has 1 aliphatic carbocycles. The van der Waals surface area contributed by atoms with Gasteiger partial charge in [0.2, 0.25) is 5.91 Å². The topological polar surface area (TPSA) is 85.1 Å². The minimum atomic E-state index is -0.0393. The molecule has 23 heavy (non-hydrogen) atoms. The van der Waals surface area contributed by atoms with Gasteiger partial charge < -0.3 is 11.1 Å². The van der Waals surface area contributed by atoms with Crippen LogP contribution in [0.1, 0.15) is 67.7 Å². The van der Waals surface area contributed by atoms with E-state index in [0.717, 1.165) is 42.7 Å². The van der Waals surface area contributed by atoms with E-state index in [9.17, 15) is 9.59 Å². The third-order valence-corrected chi connectivity index (χ3v) is 4.89. The SMILES string of the molecule is CC1(C)CC(=O)c2sc(NC(=O)CCCCCCN)nc2C1.Cl. The standard InChI is InChI=1S/C16H25N3O2S.ClH/c1-16(2)9-11-14(12(20)10-16)22-15(18-11)19-13(21)7-5-3-4-6-8-17;/h3-10,17H2,1-2H3,(H,18,19,21);1H. The van der Waals surface area contributed by atoms with Crippen LogP contribution in [0.5, 0.6) is 0 Å². The Morgan fingerprint density at radius 3 is 2.65 bits per heavy atom. The van der Waals surface area contributed by atoms with Crippen molar-refractivity contribution in [1.29, 1.82) is 0 Å². The van der Waals surface area contributed by atoms with Crippen molar-refractivity contribution in [1.82, 2.24) is 4.98 Å². The number of hydrogen-bond acceptors (Lipinski definition) is 5. The van der Waals surface area contributed by atoms with E-state index in [-0.39, 0.29) is 29.5 Å². The lowest BCUT2D eigenvalue weighted by molar-refractivity contribution is -0.116. The van der Waals surface area contributed by atoms with Crippen LogP contribution in [0.2, 0.25) is 0 Å². The Morgan fingerprint density at radius 2 is 1.96 bits per heavy atom. The number of fused-ring (bicyclic) bond motifs is 1. The summed E-state index contributed by atoms with van der Waals surface area (Å²) in [6.45, 7) is 4.86. The zero-order valence-corrected chi connectivity index (χ0v) is 15.4. The number of anilines is 1. The van der Waals surface area contributed by atoms with Gasteiger partial charge >= 0.3 is 0 Å². The van der Waals surface area contributed by atoms with Crippen molar-refractivity contribution < 1.29 is 9.59 Å². The molecule has 1 aliphatic rings. The summed E-state index contributed by atoms with van der Waals surface area (Å²) in [5, 5.41) is 3.39. The van der Waals surface area contributed by atoms with Crippen molar-refractivity contribution in [2.24, 2.45) is 11.1 Å². The summed E-state index contributed by atoms with van der Waals surface area (Å²) in [4.78, 5) is 29.2. The molecular formula is C16H26ClN3O2S. The van der Waals surface area contributed by atoms with E-state index in [4.69, 9.17) is 5.73 Å². The second-order valence-corrected chi connectivity index (χ2v) is 7.74. The Balaban J connectivity index is 0.00000264. The van der Waals surface area contributed by atoms with Crippen molar-refractivity contribution in [2.75, 3.05) is 11.9 Å². The van der Waals surface area contributed by atoms with Crippen LogP contribution >= 0.6 is 23.7 Å². The predicted molar refractivity (Wildman–Crippen MR) is 96.6 cm³/mol. The third-order valence-electron chi connectivity index (χ3n) is 3.84. The molecule has 2 rings (SSSR count). The average molecular weight is 360 g/mol. The number of hydrogen-bond donors (Lipinski definition) is 2. The van der Waals surface area contributed by atoms with E-state index in [1.165, 1.54) is 11.3 Å². The van der Waals surface area contributed by atoms with Gasteiger partial charge in [-0.3, -0.25) is 9.59 Å². The minimum Gasteiger partial charge on any atom is -0.330 e. The zero-order chi connectivity index (χ0) is 16.2. The molecular weight excluding hydrogens is 334 g/mol. The van der Waals surface area contributed by atoms with Crippen LogP contribution in [0.25, 0.3) is 0 Å². The first-order valence-electron chi connectivity index (χ1n) is 7.94. The van der Waals surface area contributed by atoms with Gasteiger partial charge in [0.25, 0.3) is 0 Å². The highest BCUT2D eigenvalue weighted by atomic mass is 35.5. The minimum absolute atomic E-state index is 0. The van der Waals surface area contributed by atoms with Crippen molar-refractivity contribution in [3.63, 3.8) is 0 Å². The number of nitrogens with two attached hydrogens (primary N) is 1. The van der Waals surface area contributed by atoms with Crippen LogP contribution in [-0.4, -0.2) is 23.2 Å². The van der Waals surface area contributed by atoms with E-state index >= 15 is 0 Å². The normalized spacial score (nSPS) is 15.7. The molecule has 1 aromatic rings. The van der Waals surface area contributed by atoms with E-state index in [1.807, 2.05) is 0 Å². The molecule has 130 valence electrons. The number of halogens is 1. The molecule has 0 spiro atoms. The first kappa shape index (κ1) is 20.1. The van der Waals surface area contributed by atoms with Gasteiger partial charge in [-0.25, -0.2) is 4.98 Å². The van der Waals surface area contributed by atoms with Crippen LogP contribution in [0.15, 0.2) is 0 Å². The second kappa shape index (κ2) is 8.76. The number of nitrogens with zero attached hydrogens (tertiary/aromatic N) is 1. The summed E-state index contributed by atoms with van der Waals surface area (Å²) >= 11 is 1.31. The Morgan fingerprint density at radius 1 is 1.26 bits per heavy atom. The number of aromatic nitrogens is 1. The number of nitrogens with one attached hydrogen (secondary N) is 1. The van der Waals surface area contributed by atoms with E-state index in [2.05, 4.69) is 24.1 Å². The molecule has 0 aliphatic heterocycles. The molecule has 0 saturated carbocycles. The molecule has 0 unspecified atom stereocenters. The Bertz CT molecular complexity index is 558. The molecule has 0 aromatic carbocycles. The molecule has 3 N–H and O–H groups in total. The lowest BCUT2D eigenvalue weighted by Gasteiger charge is -2.26. The average Bonchev–Trinajstić information content (AvgIpc) is 2.79. The summed E-state index contributed by atoms with van der Waals surface area (Å²) in [7, 11) is 0. The number of thiazole rings is 1. The van der Waals surface area contributed by atoms with Gasteiger partial charge in [-0.05, 0) is 31.2 Å². The summed E-state index contributed by atoms with van der Waals surface area (Å²) < 4.78 is 0. The third kappa shape index (κ3) is 5.86. The van der Waals surface area contributed by atoms with Gasteiger partial charge in [-0.15, -0.1) is 12.4 Å². The molecule has 1 aromatic heterocycles. The smallest absolute Gasteiger partial charge is 0.226 e. The van der Waals surface area contributed by atoms with Crippen molar-refractivity contribution in [3.8, 4) is 0 Å². The highest BCUT2D eigenvalue weighted by Crippen LogP contribution is 2.38. The maximum absolute atomic E-state index is 12.1. The highest BCUT2D eigenvalue weighted by Gasteiger charge is 2.34. The summed E-state index contributed by atoms with van der Waals surface area (Å²) in [5.41, 5.74) is 6.24. The van der Waals surface area contributed by atoms with Crippen LogP contribution < -0.4 is 11.1 Å². The van der Waals surface area contributed by atoms with Crippen molar-refractivity contribution in [2.45, 2.75) is 58.8 Å². The van der Waals surface area contributed by atoms with Gasteiger partial charge in [0, 0.05) is 12.8 Å². The lowest BCUT2D eigenvalue weighted by Crippen LogP contribution is -2.26. The molecule has 0 bridgehead atoms. The second-order valence-electron chi connectivity index (χ2n) is 6.74. The first-order chi connectivity index (χ1) is 10.4. The highest BCUT2D eigenvalue weighted by molar-refractivity contribution is 7.17. The van der Waals surface area contributed by atoms with Crippen LogP contribution in [-0.2, 0) is 11.2 Å². The zero-order valence-electron chi connectivity index (χ0n) is 13.8. The van der Waals surface area contributed by atoms with Gasteiger partial charge in [0.05, 0.1) is 10.6 Å². The Hall–Kier alpha value is -0.980. The summed E-state index contributed by atoms with van der Waals surface area (Å²) in [6.07, 6.45) is 5.80. The van der Waals surface area contributed by atoms with Gasteiger partial charge in [0.15, 0.2) is 10.9 Å². The lowest BCUT2D eigenvalue weighted by atomic mass is 9.78. The fraction of sp³-hybridized carbons (Fsp3) is 0.688. The molecule has 7 heteroatoms. The fourth-order valence-corrected chi connectivity index (χ4v) is 3.67. The summed E-state index contributed by atoms with van der Waals surface area (Å²) in [6, 6.07) is 0. The number of Topliss-reactive ketones (excluding diaryl/α,β-unsaturated/α-hetero) is 1. The molecule has 1 heterocycles. The van der Waals surface area contributed by atoms with Crippen LogP contribution in [0, 0.1) is 5.41 Å². The quantitative estimate of drug-likeness (QED) is 0.729. The Labute approximate surface area is 147 Å². The molecule has 0 radical (unpaired) electrons. The monoisotopic (exact) mass is 359 g/mol. The Kier molecular flexibility index (Phi) is 7.64. The maximum atomic E-state index is 12.1. The van der Waals surface area contributed by atoms with Crippen LogP contribution in [0.4, 0.5) is 5.13 Å². The van der Waals surface area contributed by atoms with E-state index < -0.39 is 0 Å². The molecule has 5 nitrogen and oxygen atoms in total. The molecule has 1 amide bonds. The number of unbranched alkanes of at least 4 members (excludes halogenated alkanes) is 3. The van der Waals surface area contributed by atoms with Gasteiger partial charge in [-0.2, -0.15) is 0 Å². The molecule has 0 saturated heterocycles. The van der Waals surface area contributed by atoms with Crippen LogP contribution in [0.3, 0.4) is 0 Å². The number of rotatable bonds is 7. The number of amides is 1. The number of carbonyl (C=O) groups excluding carboxylic acids is 2. The van der Waals surface area contributed by atoms with Gasteiger partial charge in [0.1, 0.15) is 0 Å². The maximum Gasteiger partial charge on any atom is 0.226 e. The van der Waals surface area contributed by atoms with E-state index in [1.54, 1.807) is 0 Å². The molecule has 0 fully saturated rings. The summed E-state index contributed by atoms with van der Waals surface area (Å²) in [5.74, 6) is 0.122. The molecule has 0 atom stereocenters. The fourth-order valence-electron chi connectivity index (χ4n) is 2.74.